The van der Waals surface area contributed by atoms with Gasteiger partial charge in [-0.3, -0.25) is 0 Å². The second-order valence-electron chi connectivity index (χ2n) is 9.06. The summed E-state index contributed by atoms with van der Waals surface area (Å²) in [6.45, 7) is 9.33. The Morgan fingerprint density at radius 2 is 1.82 bits per heavy atom. The Labute approximate surface area is 193 Å². The van der Waals surface area contributed by atoms with E-state index in [-0.39, 0.29) is 6.09 Å². The first-order valence-electron chi connectivity index (χ1n) is 11.2. The molecule has 1 aliphatic rings. The average molecular weight is 451 g/mol. The summed E-state index contributed by atoms with van der Waals surface area (Å²) in [6, 6.07) is 11.6. The van der Waals surface area contributed by atoms with Crippen LogP contribution in [-0.4, -0.2) is 46.4 Å². The van der Waals surface area contributed by atoms with Crippen molar-refractivity contribution in [3.05, 3.63) is 47.5 Å². The predicted octanol–water partition coefficient (Wildman–Crippen LogP) is 4.72. The Morgan fingerprint density at radius 1 is 1.09 bits per heavy atom. The highest BCUT2D eigenvalue weighted by molar-refractivity contribution is 5.69. The summed E-state index contributed by atoms with van der Waals surface area (Å²) in [5.41, 5.74) is 10.1. The number of hydrogen-bond donors (Lipinski definition) is 1. The molecule has 1 amide bonds. The van der Waals surface area contributed by atoms with E-state index in [1.807, 2.05) is 39.8 Å². The number of rotatable bonds is 4. The Morgan fingerprint density at radius 3 is 2.52 bits per heavy atom. The minimum absolute atomic E-state index is 0.270. The van der Waals surface area contributed by atoms with Crippen molar-refractivity contribution >= 4 is 11.8 Å². The molecule has 174 valence electrons. The lowest BCUT2D eigenvalue weighted by molar-refractivity contribution is 0.0258. The Kier molecular flexibility index (Phi) is 6.26. The van der Waals surface area contributed by atoms with Crippen molar-refractivity contribution < 1.29 is 18.8 Å². The molecule has 0 radical (unpaired) electrons. The Hall–Kier alpha value is -3.55. The van der Waals surface area contributed by atoms with E-state index in [1.165, 1.54) is 11.1 Å². The zero-order valence-electron chi connectivity index (χ0n) is 19.6. The number of fused-ring (bicyclic) bond motifs is 1. The Bertz CT molecular complexity index is 1150. The van der Waals surface area contributed by atoms with Crippen LogP contribution < -0.4 is 10.5 Å². The standard InChI is InChI=1S/C25H30N4O4/c1-5-31-21-9-8-19(15-20(21)26)23-27-22(28-33-23)18-7-6-16-10-12-29(13-11-17(16)14-18)24(30)32-25(2,3)4/h6-9,14-15H,5,10-13,26H2,1-4H3. The fourth-order valence-corrected chi connectivity index (χ4v) is 3.80. The fourth-order valence-electron chi connectivity index (χ4n) is 3.80. The normalized spacial score (nSPS) is 13.9. The van der Waals surface area contributed by atoms with Gasteiger partial charge in [-0.2, -0.15) is 4.98 Å². The average Bonchev–Trinajstić information content (AvgIpc) is 3.15. The molecule has 4 rings (SSSR count). The zero-order valence-corrected chi connectivity index (χ0v) is 19.6. The number of ether oxygens (including phenoxy) is 2. The van der Waals surface area contributed by atoms with Gasteiger partial charge in [0.1, 0.15) is 11.4 Å². The molecule has 3 aromatic rings. The number of nitrogens with zero attached hydrogens (tertiary/aromatic N) is 3. The topological polar surface area (TPSA) is 104 Å². The SMILES string of the molecule is CCOc1ccc(-c2nc(-c3ccc4c(c3)CCN(C(=O)OC(C)(C)C)CC4)no2)cc1N. The molecule has 0 spiro atoms. The third-order valence-electron chi connectivity index (χ3n) is 5.40. The lowest BCUT2D eigenvalue weighted by Gasteiger charge is -2.26. The molecule has 0 bridgehead atoms. The summed E-state index contributed by atoms with van der Waals surface area (Å²) in [4.78, 5) is 18.8. The van der Waals surface area contributed by atoms with Gasteiger partial charge in [-0.25, -0.2) is 4.79 Å². The molecule has 0 aliphatic carbocycles. The first-order valence-corrected chi connectivity index (χ1v) is 11.2. The van der Waals surface area contributed by atoms with Crippen LogP contribution >= 0.6 is 0 Å². The van der Waals surface area contributed by atoms with Crippen LogP contribution in [0.5, 0.6) is 5.75 Å². The van der Waals surface area contributed by atoms with Crippen molar-refractivity contribution in [1.29, 1.82) is 0 Å². The number of amides is 1. The van der Waals surface area contributed by atoms with Crippen molar-refractivity contribution in [2.45, 2.75) is 46.1 Å². The quantitative estimate of drug-likeness (QED) is 0.574. The van der Waals surface area contributed by atoms with Crippen molar-refractivity contribution in [2.24, 2.45) is 0 Å². The fraction of sp³-hybridized carbons (Fsp3) is 0.400. The molecule has 8 heteroatoms. The summed E-state index contributed by atoms with van der Waals surface area (Å²) >= 11 is 0. The Balaban J connectivity index is 1.50. The molecule has 0 fully saturated rings. The van der Waals surface area contributed by atoms with Gasteiger partial charge in [0.25, 0.3) is 5.89 Å². The molecular formula is C25H30N4O4. The van der Waals surface area contributed by atoms with Crippen molar-refractivity contribution in [3.63, 3.8) is 0 Å². The second-order valence-corrected chi connectivity index (χ2v) is 9.06. The van der Waals surface area contributed by atoms with Gasteiger partial charge < -0.3 is 24.6 Å². The molecule has 2 aromatic carbocycles. The first kappa shape index (κ1) is 22.6. The monoisotopic (exact) mass is 450 g/mol. The molecule has 1 aromatic heterocycles. The third kappa shape index (κ3) is 5.27. The van der Waals surface area contributed by atoms with E-state index in [0.29, 0.717) is 42.8 Å². The van der Waals surface area contributed by atoms with Gasteiger partial charge in [0.15, 0.2) is 0 Å². The van der Waals surface area contributed by atoms with Crippen LogP contribution in [0.1, 0.15) is 38.8 Å². The molecule has 0 saturated carbocycles. The molecule has 33 heavy (non-hydrogen) atoms. The lowest BCUT2D eigenvalue weighted by atomic mass is 10.00. The number of anilines is 1. The minimum atomic E-state index is -0.506. The number of benzene rings is 2. The van der Waals surface area contributed by atoms with Gasteiger partial charge in [-0.1, -0.05) is 17.3 Å². The van der Waals surface area contributed by atoms with Gasteiger partial charge in [0.2, 0.25) is 5.82 Å². The predicted molar refractivity (Wildman–Crippen MR) is 126 cm³/mol. The van der Waals surface area contributed by atoms with Gasteiger partial charge in [-0.15, -0.1) is 0 Å². The van der Waals surface area contributed by atoms with E-state index >= 15 is 0 Å². The van der Waals surface area contributed by atoms with Crippen LogP contribution in [-0.2, 0) is 17.6 Å². The van der Waals surface area contributed by atoms with E-state index in [4.69, 9.17) is 19.7 Å². The van der Waals surface area contributed by atoms with E-state index in [0.717, 1.165) is 24.0 Å². The van der Waals surface area contributed by atoms with E-state index < -0.39 is 5.60 Å². The smallest absolute Gasteiger partial charge is 0.410 e. The number of carbonyl (C=O) groups excluding carboxylic acids is 1. The van der Waals surface area contributed by atoms with Crippen molar-refractivity contribution in [2.75, 3.05) is 25.4 Å². The summed E-state index contributed by atoms with van der Waals surface area (Å²) in [5, 5.41) is 4.16. The van der Waals surface area contributed by atoms with Gasteiger partial charge in [-0.05, 0) is 75.9 Å². The number of nitrogen functional groups attached to an aromatic ring is 1. The maximum absolute atomic E-state index is 12.5. The summed E-state index contributed by atoms with van der Waals surface area (Å²) in [6.07, 6.45) is 1.24. The highest BCUT2D eigenvalue weighted by Gasteiger charge is 2.24. The molecule has 0 unspecified atom stereocenters. The molecular weight excluding hydrogens is 420 g/mol. The number of hydrogen-bond acceptors (Lipinski definition) is 7. The van der Waals surface area contributed by atoms with Crippen LogP contribution in [0.3, 0.4) is 0 Å². The number of nitrogens with two attached hydrogens (primary N) is 1. The van der Waals surface area contributed by atoms with E-state index in [9.17, 15) is 4.79 Å². The van der Waals surface area contributed by atoms with Crippen LogP contribution in [0, 0.1) is 0 Å². The molecule has 0 atom stereocenters. The largest absolute Gasteiger partial charge is 0.492 e. The lowest BCUT2D eigenvalue weighted by Crippen LogP contribution is -2.38. The van der Waals surface area contributed by atoms with Crippen LogP contribution in [0.15, 0.2) is 40.9 Å². The minimum Gasteiger partial charge on any atom is -0.492 e. The zero-order chi connectivity index (χ0) is 23.6. The molecule has 2 heterocycles. The molecule has 8 nitrogen and oxygen atoms in total. The number of aromatic nitrogens is 2. The van der Waals surface area contributed by atoms with Gasteiger partial charge >= 0.3 is 6.09 Å². The maximum atomic E-state index is 12.5. The number of carbonyl (C=O) groups is 1. The molecule has 2 N–H and O–H groups in total. The van der Waals surface area contributed by atoms with Crippen molar-refractivity contribution in [1.82, 2.24) is 15.0 Å². The van der Waals surface area contributed by atoms with Crippen LogP contribution in [0.25, 0.3) is 22.8 Å². The summed E-state index contributed by atoms with van der Waals surface area (Å²) in [7, 11) is 0. The van der Waals surface area contributed by atoms with Gasteiger partial charge in [0.05, 0.1) is 12.3 Å². The second kappa shape index (κ2) is 9.13. The highest BCUT2D eigenvalue weighted by Crippen LogP contribution is 2.30. The molecule has 1 aliphatic heterocycles. The summed E-state index contributed by atoms with van der Waals surface area (Å²) in [5.74, 6) is 1.53. The third-order valence-corrected chi connectivity index (χ3v) is 5.40. The van der Waals surface area contributed by atoms with E-state index in [1.54, 1.807) is 17.0 Å². The summed E-state index contributed by atoms with van der Waals surface area (Å²) < 4.78 is 16.5. The van der Waals surface area contributed by atoms with Gasteiger partial charge in [0, 0.05) is 24.2 Å². The van der Waals surface area contributed by atoms with Crippen LogP contribution in [0.2, 0.25) is 0 Å². The van der Waals surface area contributed by atoms with Crippen LogP contribution in [0.4, 0.5) is 10.5 Å². The first-order chi connectivity index (χ1) is 15.7. The van der Waals surface area contributed by atoms with E-state index in [2.05, 4.69) is 22.3 Å². The highest BCUT2D eigenvalue weighted by atomic mass is 16.6. The van der Waals surface area contributed by atoms with Crippen molar-refractivity contribution in [3.8, 4) is 28.6 Å². The molecule has 0 saturated heterocycles. The maximum Gasteiger partial charge on any atom is 0.410 e.